The second-order valence-corrected chi connectivity index (χ2v) is 4.74. The van der Waals surface area contributed by atoms with Crippen molar-refractivity contribution < 1.29 is 9.53 Å². The average molecular weight is 212 g/mol. The molecule has 88 valence electrons. The van der Waals surface area contributed by atoms with E-state index in [1.807, 2.05) is 0 Å². The van der Waals surface area contributed by atoms with Gasteiger partial charge in [0, 0.05) is 0 Å². The molecule has 1 saturated carbocycles. The van der Waals surface area contributed by atoms with Crippen molar-refractivity contribution in [3.63, 3.8) is 0 Å². The Morgan fingerprint density at radius 1 is 1.20 bits per heavy atom. The summed E-state index contributed by atoms with van der Waals surface area (Å²) in [6.07, 6.45) is 9.93. The predicted molar refractivity (Wildman–Crippen MR) is 61.6 cm³/mol. The summed E-state index contributed by atoms with van der Waals surface area (Å²) >= 11 is 0. The molecule has 0 aromatic heterocycles. The minimum absolute atomic E-state index is 0.00186. The molecule has 0 bridgehead atoms. The Morgan fingerprint density at radius 2 is 1.87 bits per heavy atom. The highest BCUT2D eigenvalue weighted by Crippen LogP contribution is 2.32. The third-order valence-corrected chi connectivity index (χ3v) is 3.60. The maximum absolute atomic E-state index is 11.3. The molecule has 0 aliphatic heterocycles. The van der Waals surface area contributed by atoms with Crippen LogP contribution in [0.4, 0.5) is 0 Å². The van der Waals surface area contributed by atoms with Gasteiger partial charge in [0.25, 0.3) is 0 Å². The van der Waals surface area contributed by atoms with Gasteiger partial charge < -0.3 is 4.74 Å². The van der Waals surface area contributed by atoms with Gasteiger partial charge in [0.2, 0.25) is 0 Å². The number of hydrogen-bond acceptors (Lipinski definition) is 2. The fourth-order valence-electron chi connectivity index (χ4n) is 2.54. The van der Waals surface area contributed by atoms with Crippen LogP contribution < -0.4 is 0 Å². The van der Waals surface area contributed by atoms with E-state index >= 15 is 0 Å². The van der Waals surface area contributed by atoms with Gasteiger partial charge >= 0.3 is 5.97 Å². The van der Waals surface area contributed by atoms with Crippen LogP contribution >= 0.6 is 0 Å². The Kier molecular flexibility index (Phi) is 5.74. The molecule has 1 fully saturated rings. The molecule has 15 heavy (non-hydrogen) atoms. The number of esters is 1. The highest BCUT2D eigenvalue weighted by Gasteiger charge is 2.26. The first-order chi connectivity index (χ1) is 7.27. The third-order valence-electron chi connectivity index (χ3n) is 3.60. The predicted octanol–water partition coefficient (Wildman–Crippen LogP) is 3.55. The average Bonchev–Trinajstić information content (AvgIpc) is 2.29. The molecule has 0 N–H and O–H groups in total. The number of rotatable bonds is 5. The lowest BCUT2D eigenvalue weighted by atomic mass is 9.80. The molecular weight excluding hydrogens is 188 g/mol. The van der Waals surface area contributed by atoms with Gasteiger partial charge in [0.15, 0.2) is 0 Å². The summed E-state index contributed by atoms with van der Waals surface area (Å²) < 4.78 is 4.78. The number of unbranched alkanes of at least 4 members (excludes halogenated alkanes) is 2. The topological polar surface area (TPSA) is 26.3 Å². The SMILES string of the molecule is CCCCCC1CCC(C(=O)OC)CC1. The molecule has 0 radical (unpaired) electrons. The molecule has 0 aromatic rings. The summed E-state index contributed by atoms with van der Waals surface area (Å²) in [5, 5.41) is 0. The van der Waals surface area contributed by atoms with Crippen LogP contribution in [-0.2, 0) is 9.53 Å². The molecule has 0 amide bonds. The molecule has 0 aromatic carbocycles. The maximum Gasteiger partial charge on any atom is 0.308 e. The highest BCUT2D eigenvalue weighted by atomic mass is 16.5. The molecule has 2 heteroatoms. The second kappa shape index (κ2) is 6.86. The van der Waals surface area contributed by atoms with E-state index in [0.717, 1.165) is 18.8 Å². The fourth-order valence-corrected chi connectivity index (χ4v) is 2.54. The highest BCUT2D eigenvalue weighted by molar-refractivity contribution is 5.72. The van der Waals surface area contributed by atoms with Crippen LogP contribution in [0.3, 0.4) is 0 Å². The van der Waals surface area contributed by atoms with Crippen molar-refractivity contribution in [1.29, 1.82) is 0 Å². The Bertz CT molecular complexity index is 181. The van der Waals surface area contributed by atoms with E-state index in [2.05, 4.69) is 6.92 Å². The minimum Gasteiger partial charge on any atom is -0.469 e. The van der Waals surface area contributed by atoms with Crippen LogP contribution in [0.2, 0.25) is 0 Å². The summed E-state index contributed by atoms with van der Waals surface area (Å²) in [7, 11) is 1.50. The largest absolute Gasteiger partial charge is 0.469 e. The van der Waals surface area contributed by atoms with Crippen LogP contribution in [0.15, 0.2) is 0 Å². The van der Waals surface area contributed by atoms with Gasteiger partial charge in [-0.1, -0.05) is 32.6 Å². The number of hydrogen-bond donors (Lipinski definition) is 0. The van der Waals surface area contributed by atoms with Gasteiger partial charge in [0.05, 0.1) is 13.0 Å². The summed E-state index contributed by atoms with van der Waals surface area (Å²) in [4.78, 5) is 11.3. The van der Waals surface area contributed by atoms with Gasteiger partial charge in [0.1, 0.15) is 0 Å². The van der Waals surface area contributed by atoms with E-state index < -0.39 is 0 Å². The molecule has 0 heterocycles. The van der Waals surface area contributed by atoms with Crippen LogP contribution in [0.1, 0.15) is 58.3 Å². The molecule has 1 rings (SSSR count). The Balaban J connectivity index is 2.15. The van der Waals surface area contributed by atoms with Crippen molar-refractivity contribution in [1.82, 2.24) is 0 Å². The Morgan fingerprint density at radius 3 is 2.40 bits per heavy atom. The van der Waals surface area contributed by atoms with E-state index in [-0.39, 0.29) is 11.9 Å². The van der Waals surface area contributed by atoms with Crippen LogP contribution in [0, 0.1) is 11.8 Å². The van der Waals surface area contributed by atoms with Crippen molar-refractivity contribution in [3.05, 3.63) is 0 Å². The lowest BCUT2D eigenvalue weighted by Gasteiger charge is -2.26. The number of ether oxygens (including phenoxy) is 1. The standard InChI is InChI=1S/C13H24O2/c1-3-4-5-6-11-7-9-12(10-8-11)13(14)15-2/h11-12H,3-10H2,1-2H3. The van der Waals surface area contributed by atoms with Gasteiger partial charge in [-0.05, 0) is 31.6 Å². The van der Waals surface area contributed by atoms with Crippen molar-refractivity contribution >= 4 is 5.97 Å². The first-order valence-corrected chi connectivity index (χ1v) is 6.35. The van der Waals surface area contributed by atoms with E-state index in [1.54, 1.807) is 0 Å². The molecule has 0 unspecified atom stereocenters. The quantitative estimate of drug-likeness (QED) is 0.514. The fraction of sp³-hybridized carbons (Fsp3) is 0.923. The third kappa shape index (κ3) is 4.23. The zero-order valence-corrected chi connectivity index (χ0v) is 10.1. The summed E-state index contributed by atoms with van der Waals surface area (Å²) in [5.41, 5.74) is 0. The van der Waals surface area contributed by atoms with Crippen LogP contribution in [0.25, 0.3) is 0 Å². The first-order valence-electron chi connectivity index (χ1n) is 6.35. The molecular formula is C13H24O2. The summed E-state index contributed by atoms with van der Waals surface area (Å²) in [5.74, 6) is 1.07. The molecule has 1 aliphatic carbocycles. The lowest BCUT2D eigenvalue weighted by Crippen LogP contribution is -2.22. The van der Waals surface area contributed by atoms with Gasteiger partial charge in [-0.3, -0.25) is 4.79 Å². The van der Waals surface area contributed by atoms with E-state index in [1.165, 1.54) is 45.6 Å². The Hall–Kier alpha value is -0.530. The van der Waals surface area contributed by atoms with Crippen molar-refractivity contribution in [2.45, 2.75) is 58.3 Å². The first kappa shape index (κ1) is 12.5. The molecule has 0 saturated heterocycles. The summed E-state index contributed by atoms with van der Waals surface area (Å²) in [6, 6.07) is 0. The van der Waals surface area contributed by atoms with E-state index in [0.29, 0.717) is 0 Å². The second-order valence-electron chi connectivity index (χ2n) is 4.74. The number of carbonyl (C=O) groups is 1. The lowest BCUT2D eigenvalue weighted by molar-refractivity contribution is -0.146. The van der Waals surface area contributed by atoms with Gasteiger partial charge in [-0.25, -0.2) is 0 Å². The monoisotopic (exact) mass is 212 g/mol. The van der Waals surface area contributed by atoms with Crippen molar-refractivity contribution in [2.24, 2.45) is 11.8 Å². The molecule has 0 atom stereocenters. The van der Waals surface area contributed by atoms with Gasteiger partial charge in [-0.2, -0.15) is 0 Å². The zero-order chi connectivity index (χ0) is 11.1. The van der Waals surface area contributed by atoms with E-state index in [4.69, 9.17) is 4.74 Å². The molecule has 1 aliphatic rings. The van der Waals surface area contributed by atoms with Crippen LogP contribution in [-0.4, -0.2) is 13.1 Å². The number of carbonyl (C=O) groups excluding carboxylic acids is 1. The number of methoxy groups -OCH3 is 1. The smallest absolute Gasteiger partial charge is 0.308 e. The van der Waals surface area contributed by atoms with Gasteiger partial charge in [-0.15, -0.1) is 0 Å². The molecule has 2 nitrogen and oxygen atoms in total. The van der Waals surface area contributed by atoms with Crippen molar-refractivity contribution in [3.8, 4) is 0 Å². The van der Waals surface area contributed by atoms with E-state index in [9.17, 15) is 4.79 Å². The Labute approximate surface area is 93.4 Å². The maximum atomic E-state index is 11.3. The zero-order valence-electron chi connectivity index (χ0n) is 10.1. The normalized spacial score (nSPS) is 26.3. The molecule has 0 spiro atoms. The summed E-state index contributed by atoms with van der Waals surface area (Å²) in [6.45, 7) is 2.24. The van der Waals surface area contributed by atoms with Crippen molar-refractivity contribution in [2.75, 3.05) is 7.11 Å². The minimum atomic E-state index is 0.00186. The van der Waals surface area contributed by atoms with Crippen LogP contribution in [0.5, 0.6) is 0 Å².